The second-order valence-electron chi connectivity index (χ2n) is 3.60. The number of ether oxygens (including phenoxy) is 1. The molecule has 0 aliphatic rings. The number of carbonyl (C=O) groups excluding carboxylic acids is 1. The van der Waals surface area contributed by atoms with E-state index in [1.165, 1.54) is 25.3 Å². The van der Waals surface area contributed by atoms with E-state index in [-0.39, 0.29) is 5.97 Å². The second kappa shape index (κ2) is 8.79. The molecule has 0 aromatic carbocycles. The Hall–Kier alpha value is -0.790. The van der Waals surface area contributed by atoms with Crippen LogP contribution in [-0.4, -0.2) is 12.6 Å². The summed E-state index contributed by atoms with van der Waals surface area (Å²) < 4.78 is 5.02. The fourth-order valence-electron chi connectivity index (χ4n) is 1.35. The highest BCUT2D eigenvalue weighted by Crippen LogP contribution is 2.13. The number of carbonyl (C=O) groups is 1. The molecular weight excluding hydrogens is 176 g/mol. The van der Waals surface area contributed by atoms with Crippen LogP contribution in [-0.2, 0) is 9.53 Å². The van der Waals surface area contributed by atoms with E-state index in [2.05, 4.69) is 20.4 Å². The second-order valence-corrected chi connectivity index (χ2v) is 3.60. The molecule has 0 radical (unpaired) electrons. The largest absolute Gasteiger partial charge is 0.462 e. The molecule has 0 bridgehead atoms. The summed E-state index contributed by atoms with van der Waals surface area (Å²) >= 11 is 0. The molecule has 0 aromatic rings. The zero-order chi connectivity index (χ0) is 10.8. The molecule has 14 heavy (non-hydrogen) atoms. The highest BCUT2D eigenvalue weighted by atomic mass is 16.5. The lowest BCUT2D eigenvalue weighted by molar-refractivity contribution is -0.139. The Kier molecular flexibility index (Phi) is 8.30. The Balaban J connectivity index is 3.57. The lowest BCUT2D eigenvalue weighted by atomic mass is 10.00. The lowest BCUT2D eigenvalue weighted by Crippen LogP contribution is -2.12. The van der Waals surface area contributed by atoms with Gasteiger partial charge in [-0.1, -0.05) is 46.1 Å². The first kappa shape index (κ1) is 13.2. The van der Waals surface area contributed by atoms with Crippen molar-refractivity contribution in [2.24, 2.45) is 5.92 Å². The molecule has 0 saturated carbocycles. The summed E-state index contributed by atoms with van der Waals surface area (Å²) in [6.45, 7) is 8.24. The van der Waals surface area contributed by atoms with Gasteiger partial charge in [-0.25, -0.2) is 4.79 Å². The van der Waals surface area contributed by atoms with Crippen molar-refractivity contribution in [3.05, 3.63) is 12.7 Å². The van der Waals surface area contributed by atoms with Gasteiger partial charge in [0, 0.05) is 6.08 Å². The van der Waals surface area contributed by atoms with E-state index in [4.69, 9.17) is 4.74 Å². The third-order valence-electron chi connectivity index (χ3n) is 2.42. The van der Waals surface area contributed by atoms with E-state index in [0.717, 1.165) is 12.8 Å². The van der Waals surface area contributed by atoms with Crippen LogP contribution in [0, 0.1) is 5.92 Å². The Morgan fingerprint density at radius 1 is 1.43 bits per heavy atom. The Morgan fingerprint density at radius 2 is 2.14 bits per heavy atom. The molecule has 0 heterocycles. The molecular formula is C12H22O2. The molecule has 0 rings (SSSR count). The predicted molar refractivity (Wildman–Crippen MR) is 59.1 cm³/mol. The van der Waals surface area contributed by atoms with E-state index in [9.17, 15) is 4.79 Å². The van der Waals surface area contributed by atoms with Gasteiger partial charge in [0.25, 0.3) is 0 Å². The Bertz CT molecular complexity index is 164. The van der Waals surface area contributed by atoms with E-state index in [1.807, 2.05) is 0 Å². The number of hydrogen-bond acceptors (Lipinski definition) is 2. The molecule has 1 unspecified atom stereocenters. The summed E-state index contributed by atoms with van der Waals surface area (Å²) in [6, 6.07) is 0. The molecule has 82 valence electrons. The summed E-state index contributed by atoms with van der Waals surface area (Å²) in [7, 11) is 0. The minimum absolute atomic E-state index is 0.307. The SMILES string of the molecule is C=CC(=O)OCC(CC)CCCCC. The minimum Gasteiger partial charge on any atom is -0.462 e. The zero-order valence-corrected chi connectivity index (χ0v) is 9.42. The van der Waals surface area contributed by atoms with Crippen molar-refractivity contribution in [1.82, 2.24) is 0 Å². The van der Waals surface area contributed by atoms with Crippen molar-refractivity contribution >= 4 is 5.97 Å². The van der Waals surface area contributed by atoms with Gasteiger partial charge in [0.15, 0.2) is 0 Å². The van der Waals surface area contributed by atoms with Gasteiger partial charge in [0.05, 0.1) is 6.61 Å². The Labute approximate surface area is 87.3 Å². The molecule has 1 atom stereocenters. The average Bonchev–Trinajstić information content (AvgIpc) is 2.22. The molecule has 0 N–H and O–H groups in total. The summed E-state index contributed by atoms with van der Waals surface area (Å²) in [5.74, 6) is 0.212. The van der Waals surface area contributed by atoms with E-state index in [1.54, 1.807) is 0 Å². The average molecular weight is 198 g/mol. The van der Waals surface area contributed by atoms with Crippen molar-refractivity contribution in [3.63, 3.8) is 0 Å². The van der Waals surface area contributed by atoms with Gasteiger partial charge < -0.3 is 4.74 Å². The first-order chi connectivity index (χ1) is 6.74. The quantitative estimate of drug-likeness (QED) is 0.340. The Morgan fingerprint density at radius 3 is 2.64 bits per heavy atom. The molecule has 0 amide bonds. The molecule has 0 saturated heterocycles. The van der Waals surface area contributed by atoms with Crippen LogP contribution in [0.25, 0.3) is 0 Å². The van der Waals surface area contributed by atoms with E-state index in [0.29, 0.717) is 12.5 Å². The summed E-state index contributed by atoms with van der Waals surface area (Å²) in [6.07, 6.45) is 7.21. The fraction of sp³-hybridized carbons (Fsp3) is 0.750. The van der Waals surface area contributed by atoms with Crippen LogP contribution in [0.15, 0.2) is 12.7 Å². The monoisotopic (exact) mass is 198 g/mol. The maximum Gasteiger partial charge on any atom is 0.330 e. The van der Waals surface area contributed by atoms with Crippen molar-refractivity contribution in [2.75, 3.05) is 6.61 Å². The molecule has 0 aliphatic carbocycles. The molecule has 0 fully saturated rings. The van der Waals surface area contributed by atoms with Crippen LogP contribution < -0.4 is 0 Å². The lowest BCUT2D eigenvalue weighted by Gasteiger charge is -2.13. The van der Waals surface area contributed by atoms with Gasteiger partial charge in [-0.15, -0.1) is 0 Å². The summed E-state index contributed by atoms with van der Waals surface area (Å²) in [5.41, 5.74) is 0. The molecule has 0 aliphatic heterocycles. The van der Waals surface area contributed by atoms with Crippen LogP contribution >= 0.6 is 0 Å². The van der Waals surface area contributed by atoms with Crippen molar-refractivity contribution in [3.8, 4) is 0 Å². The third-order valence-corrected chi connectivity index (χ3v) is 2.42. The van der Waals surface area contributed by atoms with Crippen molar-refractivity contribution in [2.45, 2.75) is 46.0 Å². The fourth-order valence-corrected chi connectivity index (χ4v) is 1.35. The molecule has 0 spiro atoms. The molecule has 0 aromatic heterocycles. The van der Waals surface area contributed by atoms with Crippen LogP contribution in [0.4, 0.5) is 0 Å². The highest BCUT2D eigenvalue weighted by molar-refractivity contribution is 5.81. The normalized spacial score (nSPS) is 12.1. The number of rotatable bonds is 8. The molecule has 2 nitrogen and oxygen atoms in total. The first-order valence-corrected chi connectivity index (χ1v) is 5.53. The summed E-state index contributed by atoms with van der Waals surface area (Å²) in [4.78, 5) is 10.8. The number of hydrogen-bond donors (Lipinski definition) is 0. The highest BCUT2D eigenvalue weighted by Gasteiger charge is 2.07. The number of unbranched alkanes of at least 4 members (excludes halogenated alkanes) is 2. The topological polar surface area (TPSA) is 26.3 Å². The van der Waals surface area contributed by atoms with Gasteiger partial charge in [0.1, 0.15) is 0 Å². The zero-order valence-electron chi connectivity index (χ0n) is 9.42. The van der Waals surface area contributed by atoms with Gasteiger partial charge in [-0.05, 0) is 12.3 Å². The predicted octanol–water partition coefficient (Wildman–Crippen LogP) is 3.32. The van der Waals surface area contributed by atoms with Crippen LogP contribution in [0.5, 0.6) is 0 Å². The van der Waals surface area contributed by atoms with Crippen molar-refractivity contribution < 1.29 is 9.53 Å². The third kappa shape index (κ3) is 6.70. The van der Waals surface area contributed by atoms with E-state index >= 15 is 0 Å². The smallest absolute Gasteiger partial charge is 0.330 e. The van der Waals surface area contributed by atoms with Crippen LogP contribution in [0.2, 0.25) is 0 Å². The first-order valence-electron chi connectivity index (χ1n) is 5.53. The maximum atomic E-state index is 10.8. The maximum absolute atomic E-state index is 10.8. The van der Waals surface area contributed by atoms with Gasteiger partial charge in [-0.3, -0.25) is 0 Å². The van der Waals surface area contributed by atoms with Gasteiger partial charge in [-0.2, -0.15) is 0 Å². The van der Waals surface area contributed by atoms with Gasteiger partial charge >= 0.3 is 5.97 Å². The van der Waals surface area contributed by atoms with Crippen LogP contribution in [0.1, 0.15) is 46.0 Å². The minimum atomic E-state index is -0.307. The van der Waals surface area contributed by atoms with Crippen LogP contribution in [0.3, 0.4) is 0 Å². The van der Waals surface area contributed by atoms with E-state index < -0.39 is 0 Å². The van der Waals surface area contributed by atoms with Gasteiger partial charge in [0.2, 0.25) is 0 Å². The molecule has 2 heteroatoms. The standard InChI is InChI=1S/C12H22O2/c1-4-7-8-9-11(5-2)10-14-12(13)6-3/h6,11H,3-5,7-10H2,1-2H3. The number of esters is 1. The summed E-state index contributed by atoms with van der Waals surface area (Å²) in [5, 5.41) is 0. The van der Waals surface area contributed by atoms with Crippen molar-refractivity contribution in [1.29, 1.82) is 0 Å².